The Morgan fingerprint density at radius 2 is 1.97 bits per heavy atom. The third-order valence-corrected chi connectivity index (χ3v) is 7.26. The Labute approximate surface area is 198 Å². The largest absolute Gasteiger partial charge is 0.304 e. The first-order valence-electron chi connectivity index (χ1n) is 11.2. The van der Waals surface area contributed by atoms with Gasteiger partial charge >= 0.3 is 0 Å². The molecule has 0 fully saturated rings. The van der Waals surface area contributed by atoms with Gasteiger partial charge in [0.1, 0.15) is 16.5 Å². The molecule has 0 N–H and O–H groups in total. The molecular formula is C25H22F2N4O2S. The fourth-order valence-electron chi connectivity index (χ4n) is 4.35. The molecule has 0 aliphatic heterocycles. The smallest absolute Gasteiger partial charge is 0.262 e. The molecular weight excluding hydrogens is 458 g/mol. The number of aromatic nitrogens is 3. The maximum Gasteiger partial charge on any atom is 0.262 e. The predicted octanol–water partition coefficient (Wildman–Crippen LogP) is 4.63. The number of halogens is 2. The molecule has 0 unspecified atom stereocenters. The second-order valence-corrected chi connectivity index (χ2v) is 9.36. The highest BCUT2D eigenvalue weighted by Crippen LogP contribution is 2.33. The Morgan fingerprint density at radius 3 is 2.76 bits per heavy atom. The van der Waals surface area contributed by atoms with Crippen molar-refractivity contribution in [3.63, 3.8) is 0 Å². The van der Waals surface area contributed by atoms with Crippen LogP contribution < -0.4 is 10.5 Å². The van der Waals surface area contributed by atoms with E-state index in [0.717, 1.165) is 48.2 Å². The van der Waals surface area contributed by atoms with E-state index >= 15 is 0 Å². The maximum atomic E-state index is 14.6. The van der Waals surface area contributed by atoms with E-state index < -0.39 is 17.5 Å². The lowest BCUT2D eigenvalue weighted by Gasteiger charge is -2.23. The number of amides is 1. The molecule has 0 atom stereocenters. The number of thiophene rings is 1. The molecule has 174 valence electrons. The minimum atomic E-state index is -0.838. The number of anilines is 1. The molecule has 3 aromatic heterocycles. The summed E-state index contributed by atoms with van der Waals surface area (Å²) in [5, 5.41) is 0.657. The highest BCUT2D eigenvalue weighted by Gasteiger charge is 2.23. The quantitative estimate of drug-likeness (QED) is 0.404. The van der Waals surface area contributed by atoms with Crippen LogP contribution >= 0.6 is 11.3 Å². The average Bonchev–Trinajstić information content (AvgIpc) is 3.22. The standard InChI is InChI=1S/C25H22F2N4O2S/c26-16-8-9-20(19(27)13-16)31(14-17-5-3-4-11-28-17)22(32)10-12-30-15-29-24-23(25(30)33)18-6-1-2-7-21(18)34-24/h3-5,8-9,11,13,15H,1-2,6-7,10,12,14H2. The molecule has 0 radical (unpaired) electrons. The molecule has 0 spiro atoms. The van der Waals surface area contributed by atoms with Crippen molar-refractivity contribution in [3.05, 3.63) is 87.0 Å². The fraction of sp³-hybridized carbons (Fsp3) is 0.280. The molecule has 1 aliphatic carbocycles. The number of rotatable bonds is 6. The first-order valence-corrected chi connectivity index (χ1v) is 12.0. The number of benzene rings is 1. The summed E-state index contributed by atoms with van der Waals surface area (Å²) in [6.07, 6.45) is 7.02. The summed E-state index contributed by atoms with van der Waals surface area (Å²) in [4.78, 5) is 38.3. The minimum Gasteiger partial charge on any atom is -0.304 e. The van der Waals surface area contributed by atoms with Crippen molar-refractivity contribution < 1.29 is 13.6 Å². The van der Waals surface area contributed by atoms with E-state index in [4.69, 9.17) is 0 Å². The molecule has 1 aromatic carbocycles. The summed E-state index contributed by atoms with van der Waals surface area (Å²) >= 11 is 1.57. The van der Waals surface area contributed by atoms with Crippen LogP contribution in [0, 0.1) is 11.6 Å². The van der Waals surface area contributed by atoms with Gasteiger partial charge in [0, 0.05) is 30.1 Å². The molecule has 1 amide bonds. The van der Waals surface area contributed by atoms with E-state index in [1.807, 2.05) is 0 Å². The van der Waals surface area contributed by atoms with Crippen molar-refractivity contribution >= 4 is 33.1 Å². The zero-order valence-electron chi connectivity index (χ0n) is 18.3. The van der Waals surface area contributed by atoms with Gasteiger partial charge < -0.3 is 4.90 Å². The molecule has 3 heterocycles. The Balaban J connectivity index is 1.42. The molecule has 34 heavy (non-hydrogen) atoms. The van der Waals surface area contributed by atoms with Gasteiger partial charge in [0.2, 0.25) is 5.91 Å². The molecule has 0 saturated heterocycles. The highest BCUT2D eigenvalue weighted by molar-refractivity contribution is 7.18. The monoisotopic (exact) mass is 480 g/mol. The van der Waals surface area contributed by atoms with Gasteiger partial charge in [0.15, 0.2) is 0 Å². The van der Waals surface area contributed by atoms with Crippen LogP contribution in [0.25, 0.3) is 10.2 Å². The van der Waals surface area contributed by atoms with Crippen LogP contribution in [0.1, 0.15) is 35.4 Å². The number of pyridine rings is 1. The molecule has 5 rings (SSSR count). The van der Waals surface area contributed by atoms with Crippen LogP contribution in [0.3, 0.4) is 0 Å². The van der Waals surface area contributed by atoms with Crippen molar-refractivity contribution in [2.45, 2.75) is 45.2 Å². The predicted molar refractivity (Wildman–Crippen MR) is 127 cm³/mol. The normalized spacial score (nSPS) is 13.1. The third kappa shape index (κ3) is 4.35. The fourth-order valence-corrected chi connectivity index (χ4v) is 5.57. The molecule has 1 aliphatic rings. The highest BCUT2D eigenvalue weighted by atomic mass is 32.1. The first kappa shape index (κ1) is 22.3. The van der Waals surface area contributed by atoms with Gasteiger partial charge in [-0.15, -0.1) is 11.3 Å². The topological polar surface area (TPSA) is 68.1 Å². The number of hydrogen-bond acceptors (Lipinski definition) is 5. The lowest BCUT2D eigenvalue weighted by Crippen LogP contribution is -2.33. The molecule has 0 saturated carbocycles. The summed E-state index contributed by atoms with van der Waals surface area (Å²) in [5.41, 5.74) is 1.46. The molecule has 0 bridgehead atoms. The first-order chi connectivity index (χ1) is 16.5. The average molecular weight is 481 g/mol. The summed E-state index contributed by atoms with van der Waals surface area (Å²) in [6, 6.07) is 8.34. The van der Waals surface area contributed by atoms with Gasteiger partial charge in [-0.05, 0) is 55.5 Å². The number of fused-ring (bicyclic) bond motifs is 3. The summed E-state index contributed by atoms with van der Waals surface area (Å²) in [6.45, 7) is 0.124. The van der Waals surface area contributed by atoms with Gasteiger partial charge in [-0.3, -0.25) is 19.1 Å². The van der Waals surface area contributed by atoms with Crippen LogP contribution in [0.15, 0.2) is 53.7 Å². The zero-order valence-corrected chi connectivity index (χ0v) is 19.2. The van der Waals surface area contributed by atoms with Crippen LogP contribution in [0.4, 0.5) is 14.5 Å². The lowest BCUT2D eigenvalue weighted by atomic mass is 9.97. The number of nitrogens with zero attached hydrogens (tertiary/aromatic N) is 4. The Hall–Kier alpha value is -3.46. The van der Waals surface area contributed by atoms with Crippen molar-refractivity contribution in [2.24, 2.45) is 0 Å². The zero-order chi connectivity index (χ0) is 23.7. The molecule has 9 heteroatoms. The summed E-state index contributed by atoms with van der Waals surface area (Å²) in [5.74, 6) is -1.97. The van der Waals surface area contributed by atoms with Crippen molar-refractivity contribution in [1.29, 1.82) is 0 Å². The van der Waals surface area contributed by atoms with E-state index in [-0.39, 0.29) is 30.8 Å². The van der Waals surface area contributed by atoms with Crippen molar-refractivity contribution in [1.82, 2.24) is 14.5 Å². The minimum absolute atomic E-state index is 0.0203. The van der Waals surface area contributed by atoms with E-state index in [2.05, 4.69) is 9.97 Å². The Bertz CT molecular complexity index is 1420. The Kier molecular flexibility index (Phi) is 6.19. The number of aryl methyl sites for hydroxylation is 3. The third-order valence-electron chi connectivity index (χ3n) is 6.06. The van der Waals surface area contributed by atoms with E-state index in [1.165, 1.54) is 26.7 Å². The summed E-state index contributed by atoms with van der Waals surface area (Å²) < 4.78 is 29.5. The van der Waals surface area contributed by atoms with Gasteiger partial charge in [-0.1, -0.05) is 6.07 Å². The van der Waals surface area contributed by atoms with Crippen LogP contribution in [-0.2, 0) is 30.7 Å². The summed E-state index contributed by atoms with van der Waals surface area (Å²) in [7, 11) is 0. The van der Waals surface area contributed by atoms with Crippen molar-refractivity contribution in [2.75, 3.05) is 4.90 Å². The van der Waals surface area contributed by atoms with E-state index in [0.29, 0.717) is 11.1 Å². The van der Waals surface area contributed by atoms with Gasteiger partial charge in [0.25, 0.3) is 5.56 Å². The SMILES string of the molecule is O=C(CCn1cnc2sc3c(c2c1=O)CCCC3)N(Cc1ccccn1)c1ccc(F)cc1F. The second kappa shape index (κ2) is 9.42. The molecule has 6 nitrogen and oxygen atoms in total. The van der Waals surface area contributed by atoms with Crippen LogP contribution in [-0.4, -0.2) is 20.4 Å². The lowest BCUT2D eigenvalue weighted by molar-refractivity contribution is -0.119. The van der Waals surface area contributed by atoms with E-state index in [1.54, 1.807) is 35.7 Å². The van der Waals surface area contributed by atoms with Crippen LogP contribution in [0.5, 0.6) is 0 Å². The van der Waals surface area contributed by atoms with Crippen molar-refractivity contribution in [3.8, 4) is 0 Å². The Morgan fingerprint density at radius 1 is 1.12 bits per heavy atom. The maximum absolute atomic E-state index is 14.6. The van der Waals surface area contributed by atoms with Gasteiger partial charge in [-0.25, -0.2) is 13.8 Å². The van der Waals surface area contributed by atoms with Crippen LogP contribution in [0.2, 0.25) is 0 Å². The number of hydrogen-bond donors (Lipinski definition) is 0. The number of carbonyl (C=O) groups excluding carboxylic acids is 1. The van der Waals surface area contributed by atoms with Gasteiger partial charge in [-0.2, -0.15) is 0 Å². The second-order valence-electron chi connectivity index (χ2n) is 8.28. The number of carbonyl (C=O) groups is 1. The molecule has 4 aromatic rings. The van der Waals surface area contributed by atoms with Gasteiger partial charge in [0.05, 0.1) is 29.6 Å². The van der Waals surface area contributed by atoms with E-state index in [9.17, 15) is 18.4 Å².